The summed E-state index contributed by atoms with van der Waals surface area (Å²) in [7, 11) is 0. The van der Waals surface area contributed by atoms with Gasteiger partial charge in [0.05, 0.1) is 11.0 Å². The summed E-state index contributed by atoms with van der Waals surface area (Å²) >= 11 is 0. The van der Waals surface area contributed by atoms with Crippen LogP contribution in [0, 0.1) is 12.8 Å². The largest absolute Gasteiger partial charge is 0.342 e. The van der Waals surface area contributed by atoms with Crippen molar-refractivity contribution in [2.75, 3.05) is 6.54 Å². The number of aromatic nitrogens is 2. The lowest BCUT2D eigenvalue weighted by molar-refractivity contribution is 0.440. The molecule has 0 saturated heterocycles. The molecule has 98 valence electrons. The smallest absolute Gasteiger partial charge is 0.107 e. The van der Waals surface area contributed by atoms with Gasteiger partial charge in [0.15, 0.2) is 0 Å². The molecule has 0 aliphatic rings. The van der Waals surface area contributed by atoms with Gasteiger partial charge in [-0.1, -0.05) is 25.5 Å². The molecule has 3 heteroatoms. The number of H-pyrrole nitrogens is 1. The third kappa shape index (κ3) is 2.91. The Kier molecular flexibility index (Phi) is 4.37. The molecule has 1 unspecified atom stereocenters. The van der Waals surface area contributed by atoms with E-state index in [1.165, 1.54) is 18.4 Å². The monoisotopic (exact) mass is 245 g/mol. The number of hydrogen-bond acceptors (Lipinski definition) is 2. The lowest BCUT2D eigenvalue weighted by atomic mass is 9.96. The van der Waals surface area contributed by atoms with E-state index >= 15 is 0 Å². The highest BCUT2D eigenvalue weighted by atomic mass is 14.9. The van der Waals surface area contributed by atoms with E-state index in [2.05, 4.69) is 37.0 Å². The highest BCUT2D eigenvalue weighted by Gasteiger charge is 2.09. The lowest BCUT2D eigenvalue weighted by Crippen LogP contribution is -2.09. The number of para-hydroxylation sites is 1. The third-order valence-electron chi connectivity index (χ3n) is 3.71. The fourth-order valence-electron chi connectivity index (χ4n) is 2.47. The Morgan fingerprint density at radius 3 is 2.83 bits per heavy atom. The molecular formula is C15H23N3. The Morgan fingerprint density at radius 2 is 2.17 bits per heavy atom. The molecule has 0 amide bonds. The Labute approximate surface area is 109 Å². The van der Waals surface area contributed by atoms with Gasteiger partial charge in [0, 0.05) is 6.42 Å². The molecule has 1 aromatic carbocycles. The fraction of sp³-hybridized carbons (Fsp3) is 0.533. The minimum atomic E-state index is 0.726. The first-order valence-electron chi connectivity index (χ1n) is 6.88. The number of benzene rings is 1. The number of nitrogens with zero attached hydrogens (tertiary/aromatic N) is 1. The SMILES string of the molecule is CCC(CCN)CCc1nc2c(C)cccc2[nH]1. The zero-order valence-electron chi connectivity index (χ0n) is 11.4. The summed E-state index contributed by atoms with van der Waals surface area (Å²) in [4.78, 5) is 8.11. The second-order valence-corrected chi connectivity index (χ2v) is 5.04. The summed E-state index contributed by atoms with van der Waals surface area (Å²) in [5.41, 5.74) is 9.13. The van der Waals surface area contributed by atoms with Crippen LogP contribution < -0.4 is 5.73 Å². The van der Waals surface area contributed by atoms with Crippen LogP contribution in [0.5, 0.6) is 0 Å². The number of aryl methyl sites for hydroxylation is 2. The van der Waals surface area contributed by atoms with Crippen molar-refractivity contribution in [1.82, 2.24) is 9.97 Å². The average molecular weight is 245 g/mol. The van der Waals surface area contributed by atoms with Crippen LogP contribution in [0.2, 0.25) is 0 Å². The molecular weight excluding hydrogens is 222 g/mol. The molecule has 0 aliphatic carbocycles. The highest BCUT2D eigenvalue weighted by molar-refractivity contribution is 5.78. The van der Waals surface area contributed by atoms with E-state index in [-0.39, 0.29) is 0 Å². The number of nitrogens with two attached hydrogens (primary N) is 1. The van der Waals surface area contributed by atoms with Gasteiger partial charge in [-0.2, -0.15) is 0 Å². The molecule has 0 bridgehead atoms. The third-order valence-corrected chi connectivity index (χ3v) is 3.71. The van der Waals surface area contributed by atoms with Gasteiger partial charge in [-0.15, -0.1) is 0 Å². The van der Waals surface area contributed by atoms with E-state index in [4.69, 9.17) is 10.7 Å². The maximum absolute atomic E-state index is 5.63. The summed E-state index contributed by atoms with van der Waals surface area (Å²) in [5, 5.41) is 0. The molecule has 1 aromatic heterocycles. The Morgan fingerprint density at radius 1 is 1.33 bits per heavy atom. The van der Waals surface area contributed by atoms with Crippen molar-refractivity contribution in [3.8, 4) is 0 Å². The van der Waals surface area contributed by atoms with Crippen molar-refractivity contribution < 1.29 is 0 Å². The van der Waals surface area contributed by atoms with Crippen molar-refractivity contribution in [2.45, 2.75) is 39.5 Å². The number of nitrogens with one attached hydrogen (secondary N) is 1. The molecule has 2 rings (SSSR count). The maximum Gasteiger partial charge on any atom is 0.107 e. The lowest BCUT2D eigenvalue weighted by Gasteiger charge is -2.11. The first-order valence-corrected chi connectivity index (χ1v) is 6.88. The van der Waals surface area contributed by atoms with Crippen molar-refractivity contribution in [3.05, 3.63) is 29.6 Å². The second kappa shape index (κ2) is 6.01. The van der Waals surface area contributed by atoms with Gasteiger partial charge in [0.25, 0.3) is 0 Å². The van der Waals surface area contributed by atoms with E-state index in [1.54, 1.807) is 0 Å². The van der Waals surface area contributed by atoms with E-state index in [9.17, 15) is 0 Å². The zero-order valence-corrected chi connectivity index (χ0v) is 11.4. The average Bonchev–Trinajstić information content (AvgIpc) is 2.79. The highest BCUT2D eigenvalue weighted by Crippen LogP contribution is 2.19. The fourth-order valence-corrected chi connectivity index (χ4v) is 2.47. The van der Waals surface area contributed by atoms with Crippen LogP contribution in [-0.4, -0.2) is 16.5 Å². The van der Waals surface area contributed by atoms with Gasteiger partial charge in [0.2, 0.25) is 0 Å². The molecule has 3 nitrogen and oxygen atoms in total. The first-order chi connectivity index (χ1) is 8.74. The van der Waals surface area contributed by atoms with Crippen LogP contribution >= 0.6 is 0 Å². The zero-order chi connectivity index (χ0) is 13.0. The predicted molar refractivity (Wildman–Crippen MR) is 76.6 cm³/mol. The summed E-state index contributed by atoms with van der Waals surface area (Å²) in [6.07, 6.45) is 4.52. The number of rotatable bonds is 6. The summed E-state index contributed by atoms with van der Waals surface area (Å²) in [6, 6.07) is 6.27. The minimum Gasteiger partial charge on any atom is -0.342 e. The van der Waals surface area contributed by atoms with Gasteiger partial charge in [-0.25, -0.2) is 4.98 Å². The van der Waals surface area contributed by atoms with E-state index in [0.29, 0.717) is 0 Å². The summed E-state index contributed by atoms with van der Waals surface area (Å²) in [5.74, 6) is 1.83. The van der Waals surface area contributed by atoms with Gasteiger partial charge in [-0.3, -0.25) is 0 Å². The van der Waals surface area contributed by atoms with Gasteiger partial charge in [0.1, 0.15) is 5.82 Å². The van der Waals surface area contributed by atoms with Crippen molar-refractivity contribution in [2.24, 2.45) is 11.7 Å². The maximum atomic E-state index is 5.63. The number of imidazole rings is 1. The summed E-state index contributed by atoms with van der Waals surface area (Å²) in [6.45, 7) is 5.14. The summed E-state index contributed by atoms with van der Waals surface area (Å²) < 4.78 is 0. The molecule has 0 saturated carbocycles. The Balaban J connectivity index is 2.06. The molecule has 0 aliphatic heterocycles. The van der Waals surface area contributed by atoms with Crippen LogP contribution in [0.25, 0.3) is 11.0 Å². The van der Waals surface area contributed by atoms with Gasteiger partial charge in [-0.05, 0) is 43.9 Å². The first kappa shape index (κ1) is 13.1. The molecule has 0 fully saturated rings. The van der Waals surface area contributed by atoms with E-state index in [0.717, 1.165) is 42.2 Å². The molecule has 1 heterocycles. The standard InChI is InChI=1S/C15H23N3/c1-3-12(9-10-16)7-8-14-17-13-6-4-5-11(2)15(13)18-14/h4-6,12H,3,7-10,16H2,1-2H3,(H,17,18). The van der Waals surface area contributed by atoms with Crippen molar-refractivity contribution in [3.63, 3.8) is 0 Å². The van der Waals surface area contributed by atoms with Crippen LogP contribution in [0.4, 0.5) is 0 Å². The molecule has 0 radical (unpaired) electrons. The van der Waals surface area contributed by atoms with Crippen LogP contribution in [0.3, 0.4) is 0 Å². The number of fused-ring (bicyclic) bond motifs is 1. The minimum absolute atomic E-state index is 0.726. The number of hydrogen-bond donors (Lipinski definition) is 2. The van der Waals surface area contributed by atoms with Crippen LogP contribution in [-0.2, 0) is 6.42 Å². The van der Waals surface area contributed by atoms with Crippen molar-refractivity contribution >= 4 is 11.0 Å². The molecule has 1 atom stereocenters. The predicted octanol–water partition coefficient (Wildman–Crippen LogP) is 3.18. The van der Waals surface area contributed by atoms with Gasteiger partial charge >= 0.3 is 0 Å². The normalized spacial score (nSPS) is 13.1. The molecule has 3 N–H and O–H groups in total. The molecule has 0 spiro atoms. The second-order valence-electron chi connectivity index (χ2n) is 5.04. The Bertz CT molecular complexity index is 501. The Hall–Kier alpha value is -1.35. The van der Waals surface area contributed by atoms with Gasteiger partial charge < -0.3 is 10.7 Å². The molecule has 2 aromatic rings. The topological polar surface area (TPSA) is 54.7 Å². The van der Waals surface area contributed by atoms with Crippen LogP contribution in [0.1, 0.15) is 37.6 Å². The van der Waals surface area contributed by atoms with Crippen LogP contribution in [0.15, 0.2) is 18.2 Å². The quantitative estimate of drug-likeness (QED) is 0.821. The van der Waals surface area contributed by atoms with E-state index < -0.39 is 0 Å². The van der Waals surface area contributed by atoms with E-state index in [1.807, 2.05) is 0 Å². The number of aromatic amines is 1. The molecule has 18 heavy (non-hydrogen) atoms. The van der Waals surface area contributed by atoms with Crippen molar-refractivity contribution in [1.29, 1.82) is 0 Å².